The standard InChI is InChI=1S/C19H14FN2S/c20-16-7-3-5-14(11-16)12-22-10-4-6-15(13-22)19-21-17-8-1-2-9-18(17)23-19/h1-11,13H,12H2/q+1. The predicted octanol–water partition coefficient (Wildman–Crippen LogP) is 4.44. The van der Waals surface area contributed by atoms with Crippen molar-refractivity contribution in [3.63, 3.8) is 0 Å². The van der Waals surface area contributed by atoms with Gasteiger partial charge in [-0.15, -0.1) is 11.3 Å². The molecule has 4 aromatic rings. The molecule has 0 atom stereocenters. The summed E-state index contributed by atoms with van der Waals surface area (Å²) in [7, 11) is 0. The van der Waals surface area contributed by atoms with Crippen molar-refractivity contribution in [1.29, 1.82) is 0 Å². The molecule has 23 heavy (non-hydrogen) atoms. The largest absolute Gasteiger partial charge is 0.236 e. The summed E-state index contributed by atoms with van der Waals surface area (Å²) in [6, 6.07) is 18.9. The van der Waals surface area contributed by atoms with E-state index >= 15 is 0 Å². The molecule has 2 heterocycles. The maximum atomic E-state index is 13.3. The van der Waals surface area contributed by atoms with Crippen LogP contribution in [0.25, 0.3) is 20.8 Å². The molecule has 0 amide bonds. The molecule has 0 saturated carbocycles. The molecule has 2 aromatic carbocycles. The molecule has 112 valence electrons. The molecule has 0 aliphatic rings. The molecule has 0 bridgehead atoms. The van der Waals surface area contributed by atoms with Gasteiger partial charge in [0.25, 0.3) is 0 Å². The number of rotatable bonds is 3. The summed E-state index contributed by atoms with van der Waals surface area (Å²) in [6.07, 6.45) is 4.05. The first-order valence-electron chi connectivity index (χ1n) is 7.37. The van der Waals surface area contributed by atoms with Crippen LogP contribution in [0.4, 0.5) is 4.39 Å². The Morgan fingerprint density at radius 1 is 1.00 bits per heavy atom. The number of pyridine rings is 1. The Kier molecular flexibility index (Phi) is 3.60. The fourth-order valence-electron chi connectivity index (χ4n) is 2.59. The quantitative estimate of drug-likeness (QED) is 0.510. The molecule has 2 aromatic heterocycles. The van der Waals surface area contributed by atoms with E-state index in [1.54, 1.807) is 23.5 Å². The van der Waals surface area contributed by atoms with Crippen LogP contribution in [0.15, 0.2) is 73.1 Å². The van der Waals surface area contributed by atoms with Gasteiger partial charge in [-0.1, -0.05) is 24.3 Å². The highest BCUT2D eigenvalue weighted by molar-refractivity contribution is 7.21. The summed E-state index contributed by atoms with van der Waals surface area (Å²) in [4.78, 5) is 4.69. The molecule has 0 saturated heterocycles. The summed E-state index contributed by atoms with van der Waals surface area (Å²) in [5.74, 6) is -0.203. The Labute approximate surface area is 137 Å². The lowest BCUT2D eigenvalue weighted by Gasteiger charge is -2.00. The lowest BCUT2D eigenvalue weighted by Crippen LogP contribution is -2.33. The van der Waals surface area contributed by atoms with E-state index in [-0.39, 0.29) is 5.82 Å². The van der Waals surface area contributed by atoms with Crippen LogP contribution in [-0.4, -0.2) is 4.98 Å². The monoisotopic (exact) mass is 321 g/mol. The normalized spacial score (nSPS) is 11.0. The molecule has 0 unspecified atom stereocenters. The lowest BCUT2D eigenvalue weighted by atomic mass is 10.2. The van der Waals surface area contributed by atoms with E-state index in [9.17, 15) is 4.39 Å². The summed E-state index contributed by atoms with van der Waals surface area (Å²) in [5, 5.41) is 1.000. The Bertz CT molecular complexity index is 945. The minimum Gasteiger partial charge on any atom is -0.236 e. The SMILES string of the molecule is Fc1cccc(C[n+]2cccc(-c3nc4ccccc4s3)c2)c1. The number of fused-ring (bicyclic) bond motifs is 1. The van der Waals surface area contributed by atoms with Crippen molar-refractivity contribution in [2.75, 3.05) is 0 Å². The third-order valence-electron chi connectivity index (χ3n) is 3.65. The van der Waals surface area contributed by atoms with Crippen LogP contribution in [0, 0.1) is 5.82 Å². The Hall–Kier alpha value is -2.59. The van der Waals surface area contributed by atoms with E-state index in [0.717, 1.165) is 21.7 Å². The topological polar surface area (TPSA) is 16.8 Å². The molecule has 4 rings (SSSR count). The Balaban J connectivity index is 1.68. The van der Waals surface area contributed by atoms with Crippen molar-refractivity contribution in [3.05, 3.63) is 84.4 Å². The predicted molar refractivity (Wildman–Crippen MR) is 90.8 cm³/mol. The summed E-state index contributed by atoms with van der Waals surface area (Å²) in [5.41, 5.74) is 3.04. The van der Waals surface area contributed by atoms with Gasteiger partial charge in [0.05, 0.1) is 15.8 Å². The van der Waals surface area contributed by atoms with Crippen molar-refractivity contribution in [1.82, 2.24) is 4.98 Å². The highest BCUT2D eigenvalue weighted by atomic mass is 32.1. The van der Waals surface area contributed by atoms with Crippen LogP contribution in [0.1, 0.15) is 5.56 Å². The van der Waals surface area contributed by atoms with Gasteiger partial charge in [-0.25, -0.2) is 13.9 Å². The van der Waals surface area contributed by atoms with Crippen LogP contribution in [0.3, 0.4) is 0 Å². The third-order valence-corrected chi connectivity index (χ3v) is 4.74. The number of benzene rings is 2. The van der Waals surface area contributed by atoms with E-state index in [0.29, 0.717) is 6.54 Å². The lowest BCUT2D eigenvalue weighted by molar-refractivity contribution is -0.687. The first-order valence-corrected chi connectivity index (χ1v) is 8.19. The number of hydrogen-bond donors (Lipinski definition) is 0. The fraction of sp³-hybridized carbons (Fsp3) is 0.0526. The van der Waals surface area contributed by atoms with Gasteiger partial charge >= 0.3 is 0 Å². The van der Waals surface area contributed by atoms with E-state index in [1.807, 2.05) is 36.5 Å². The average Bonchev–Trinajstić information content (AvgIpc) is 2.99. The molecular formula is C19H14FN2S+. The molecule has 0 N–H and O–H groups in total. The van der Waals surface area contributed by atoms with Crippen molar-refractivity contribution < 1.29 is 8.96 Å². The van der Waals surface area contributed by atoms with Gasteiger partial charge in [-0.2, -0.15) is 0 Å². The van der Waals surface area contributed by atoms with Crippen LogP contribution in [0.5, 0.6) is 0 Å². The average molecular weight is 321 g/mol. The van der Waals surface area contributed by atoms with Gasteiger partial charge < -0.3 is 0 Å². The maximum absolute atomic E-state index is 13.3. The van der Waals surface area contributed by atoms with Crippen LogP contribution < -0.4 is 4.57 Å². The molecule has 0 aliphatic carbocycles. The van der Waals surface area contributed by atoms with Crippen molar-refractivity contribution in [2.45, 2.75) is 6.54 Å². The number of para-hydroxylation sites is 1. The smallest absolute Gasteiger partial charge is 0.179 e. The number of halogens is 1. The van der Waals surface area contributed by atoms with E-state index in [1.165, 1.54) is 10.8 Å². The molecule has 0 spiro atoms. The van der Waals surface area contributed by atoms with E-state index in [2.05, 4.69) is 22.9 Å². The number of thiazole rings is 1. The second-order valence-corrected chi connectivity index (χ2v) is 6.41. The number of aromatic nitrogens is 2. The first kappa shape index (κ1) is 14.0. The minimum atomic E-state index is -0.203. The van der Waals surface area contributed by atoms with E-state index in [4.69, 9.17) is 4.98 Å². The highest BCUT2D eigenvalue weighted by Crippen LogP contribution is 2.29. The summed E-state index contributed by atoms with van der Waals surface area (Å²) < 4.78 is 16.5. The van der Waals surface area contributed by atoms with Crippen molar-refractivity contribution in [2.24, 2.45) is 0 Å². The van der Waals surface area contributed by atoms with Crippen molar-refractivity contribution >= 4 is 21.6 Å². The minimum absolute atomic E-state index is 0.203. The summed E-state index contributed by atoms with van der Waals surface area (Å²) in [6.45, 7) is 0.635. The van der Waals surface area contributed by atoms with Gasteiger partial charge in [0.2, 0.25) is 0 Å². The summed E-state index contributed by atoms with van der Waals surface area (Å²) >= 11 is 1.68. The molecule has 0 fully saturated rings. The second-order valence-electron chi connectivity index (χ2n) is 5.38. The fourth-order valence-corrected chi connectivity index (χ4v) is 3.54. The zero-order valence-corrected chi connectivity index (χ0v) is 13.1. The first-order chi connectivity index (χ1) is 11.3. The van der Waals surface area contributed by atoms with E-state index < -0.39 is 0 Å². The van der Waals surface area contributed by atoms with Crippen molar-refractivity contribution in [3.8, 4) is 10.6 Å². The molecular weight excluding hydrogens is 307 g/mol. The molecule has 4 heteroatoms. The molecule has 2 nitrogen and oxygen atoms in total. The van der Waals surface area contributed by atoms with Gasteiger partial charge in [-0.05, 0) is 30.3 Å². The zero-order chi connectivity index (χ0) is 15.6. The van der Waals surface area contributed by atoms with Gasteiger partial charge in [0.1, 0.15) is 10.8 Å². The number of hydrogen-bond acceptors (Lipinski definition) is 2. The van der Waals surface area contributed by atoms with Crippen LogP contribution >= 0.6 is 11.3 Å². The molecule has 0 aliphatic heterocycles. The van der Waals surface area contributed by atoms with Crippen LogP contribution in [0.2, 0.25) is 0 Å². The van der Waals surface area contributed by atoms with Crippen LogP contribution in [-0.2, 0) is 6.54 Å². The maximum Gasteiger partial charge on any atom is 0.179 e. The van der Waals surface area contributed by atoms with Gasteiger partial charge in [-0.3, -0.25) is 0 Å². The van der Waals surface area contributed by atoms with Gasteiger partial charge in [0.15, 0.2) is 18.9 Å². The third kappa shape index (κ3) is 2.98. The molecule has 0 radical (unpaired) electrons. The second kappa shape index (κ2) is 5.89. The Morgan fingerprint density at radius 3 is 2.78 bits per heavy atom. The van der Waals surface area contributed by atoms with Gasteiger partial charge in [0, 0.05) is 11.6 Å². The Morgan fingerprint density at radius 2 is 1.91 bits per heavy atom. The number of nitrogens with zero attached hydrogens (tertiary/aromatic N) is 2. The highest BCUT2D eigenvalue weighted by Gasteiger charge is 2.10. The zero-order valence-electron chi connectivity index (χ0n) is 12.3.